The average molecular weight is 292 g/mol. The maximum Gasteiger partial charge on any atom is 0.222 e. The summed E-state index contributed by atoms with van der Waals surface area (Å²) in [4.78, 5) is 14.2. The molecule has 4 nitrogen and oxygen atoms in total. The molecule has 0 bridgehead atoms. The first kappa shape index (κ1) is 16.1. The van der Waals surface area contributed by atoms with E-state index in [0.717, 1.165) is 44.0 Å². The Labute approximate surface area is 127 Å². The van der Waals surface area contributed by atoms with Crippen molar-refractivity contribution in [2.24, 2.45) is 11.8 Å². The predicted octanol–water partition coefficient (Wildman–Crippen LogP) is 3.17. The standard InChI is InChI=1S/C17H28N2O2/c1-4-18-11-15-6-7-16(21-15)12-19-10-9-14(13(2)3)5-8-17(19)20/h6-7,13-14,18H,4-5,8-12H2,1-3H3. The Morgan fingerprint density at radius 2 is 2.10 bits per heavy atom. The van der Waals surface area contributed by atoms with Gasteiger partial charge in [-0.1, -0.05) is 20.8 Å². The van der Waals surface area contributed by atoms with Crippen LogP contribution in [0, 0.1) is 11.8 Å². The summed E-state index contributed by atoms with van der Waals surface area (Å²) in [6.45, 7) is 9.72. The fourth-order valence-corrected chi connectivity index (χ4v) is 2.93. The molecule has 0 aromatic carbocycles. The van der Waals surface area contributed by atoms with Gasteiger partial charge in [0.05, 0.1) is 13.1 Å². The van der Waals surface area contributed by atoms with Crippen LogP contribution in [0.15, 0.2) is 16.5 Å². The van der Waals surface area contributed by atoms with Crippen LogP contribution in [-0.2, 0) is 17.9 Å². The lowest BCUT2D eigenvalue weighted by molar-refractivity contribution is -0.131. The van der Waals surface area contributed by atoms with Gasteiger partial charge in [0.15, 0.2) is 0 Å². The summed E-state index contributed by atoms with van der Waals surface area (Å²) in [6.07, 6.45) is 2.80. The number of carbonyl (C=O) groups excluding carboxylic acids is 1. The third-order valence-electron chi connectivity index (χ3n) is 4.41. The van der Waals surface area contributed by atoms with Crippen molar-refractivity contribution >= 4 is 5.91 Å². The van der Waals surface area contributed by atoms with E-state index in [0.29, 0.717) is 24.8 Å². The predicted molar refractivity (Wildman–Crippen MR) is 83.7 cm³/mol. The molecular weight excluding hydrogens is 264 g/mol. The van der Waals surface area contributed by atoms with Gasteiger partial charge in [-0.25, -0.2) is 0 Å². The summed E-state index contributed by atoms with van der Waals surface area (Å²) < 4.78 is 5.80. The van der Waals surface area contributed by atoms with Gasteiger partial charge in [0, 0.05) is 13.0 Å². The molecule has 4 heteroatoms. The first-order chi connectivity index (χ1) is 10.1. The highest BCUT2D eigenvalue weighted by atomic mass is 16.3. The highest BCUT2D eigenvalue weighted by Crippen LogP contribution is 2.26. The highest BCUT2D eigenvalue weighted by molar-refractivity contribution is 5.76. The van der Waals surface area contributed by atoms with E-state index < -0.39 is 0 Å². The SMILES string of the molecule is CCNCc1ccc(CN2CCC(C(C)C)CCC2=O)o1. The van der Waals surface area contributed by atoms with E-state index in [2.05, 4.69) is 26.1 Å². The Hall–Kier alpha value is -1.29. The van der Waals surface area contributed by atoms with Crippen LogP contribution in [0.3, 0.4) is 0 Å². The molecule has 0 aliphatic carbocycles. The Balaban J connectivity index is 1.92. The lowest BCUT2D eigenvalue weighted by atomic mass is 9.89. The number of rotatable bonds is 6. The van der Waals surface area contributed by atoms with Crippen LogP contribution in [0.4, 0.5) is 0 Å². The van der Waals surface area contributed by atoms with Crippen molar-refractivity contribution in [1.29, 1.82) is 0 Å². The Bertz CT molecular complexity index is 453. The topological polar surface area (TPSA) is 45.5 Å². The van der Waals surface area contributed by atoms with E-state index in [4.69, 9.17) is 4.42 Å². The number of nitrogens with one attached hydrogen (secondary N) is 1. The first-order valence-electron chi connectivity index (χ1n) is 8.16. The number of hydrogen-bond acceptors (Lipinski definition) is 3. The molecular formula is C17H28N2O2. The van der Waals surface area contributed by atoms with Gasteiger partial charge < -0.3 is 14.6 Å². The van der Waals surface area contributed by atoms with Crippen molar-refractivity contribution in [2.75, 3.05) is 13.1 Å². The molecule has 1 fully saturated rings. The van der Waals surface area contributed by atoms with Crippen LogP contribution < -0.4 is 5.32 Å². The molecule has 0 saturated carbocycles. The second-order valence-corrected chi connectivity index (χ2v) is 6.30. The molecule has 1 aromatic heterocycles. The number of hydrogen-bond donors (Lipinski definition) is 1. The zero-order chi connectivity index (χ0) is 15.2. The average Bonchev–Trinajstić information content (AvgIpc) is 2.82. The van der Waals surface area contributed by atoms with Crippen LogP contribution in [0.1, 0.15) is 51.6 Å². The fourth-order valence-electron chi connectivity index (χ4n) is 2.93. The van der Waals surface area contributed by atoms with Crippen molar-refractivity contribution in [3.8, 4) is 0 Å². The number of amides is 1. The lowest BCUT2D eigenvalue weighted by Crippen LogP contribution is -2.29. The van der Waals surface area contributed by atoms with Crippen molar-refractivity contribution in [3.05, 3.63) is 23.7 Å². The summed E-state index contributed by atoms with van der Waals surface area (Å²) >= 11 is 0. The van der Waals surface area contributed by atoms with E-state index in [1.807, 2.05) is 17.0 Å². The van der Waals surface area contributed by atoms with Crippen LogP contribution in [0.25, 0.3) is 0 Å². The number of nitrogens with zero attached hydrogens (tertiary/aromatic N) is 1. The smallest absolute Gasteiger partial charge is 0.222 e. The summed E-state index contributed by atoms with van der Waals surface area (Å²) in [5.41, 5.74) is 0. The molecule has 1 unspecified atom stereocenters. The normalized spacial score (nSPS) is 20.1. The Kier molecular flexibility index (Phi) is 5.85. The molecule has 2 rings (SSSR count). The van der Waals surface area contributed by atoms with Crippen molar-refractivity contribution in [1.82, 2.24) is 10.2 Å². The molecule has 1 aliphatic heterocycles. The van der Waals surface area contributed by atoms with E-state index in [-0.39, 0.29) is 5.91 Å². The van der Waals surface area contributed by atoms with E-state index in [1.54, 1.807) is 0 Å². The second kappa shape index (κ2) is 7.64. The van der Waals surface area contributed by atoms with E-state index in [9.17, 15) is 4.79 Å². The van der Waals surface area contributed by atoms with Gasteiger partial charge >= 0.3 is 0 Å². The maximum atomic E-state index is 12.2. The molecule has 0 radical (unpaired) electrons. The largest absolute Gasteiger partial charge is 0.463 e. The van der Waals surface area contributed by atoms with Gasteiger partial charge in [0.1, 0.15) is 11.5 Å². The molecule has 1 atom stereocenters. The molecule has 118 valence electrons. The van der Waals surface area contributed by atoms with Crippen molar-refractivity contribution in [3.63, 3.8) is 0 Å². The van der Waals surface area contributed by atoms with Gasteiger partial charge in [-0.3, -0.25) is 4.79 Å². The van der Waals surface area contributed by atoms with Gasteiger partial charge in [-0.05, 0) is 43.4 Å². The fraction of sp³-hybridized carbons (Fsp3) is 0.706. The zero-order valence-corrected chi connectivity index (χ0v) is 13.5. The summed E-state index contributed by atoms with van der Waals surface area (Å²) in [5, 5.41) is 3.24. The minimum absolute atomic E-state index is 0.266. The third kappa shape index (κ3) is 4.60. The Morgan fingerprint density at radius 1 is 1.33 bits per heavy atom. The molecule has 2 heterocycles. The molecule has 1 saturated heterocycles. The molecule has 1 amide bonds. The monoisotopic (exact) mass is 292 g/mol. The van der Waals surface area contributed by atoms with Crippen LogP contribution in [0.2, 0.25) is 0 Å². The number of furan rings is 1. The number of likely N-dealkylation sites (tertiary alicyclic amines) is 1. The quantitative estimate of drug-likeness (QED) is 0.876. The van der Waals surface area contributed by atoms with Crippen LogP contribution in [-0.4, -0.2) is 23.9 Å². The van der Waals surface area contributed by atoms with Crippen LogP contribution in [0.5, 0.6) is 0 Å². The molecule has 1 N–H and O–H groups in total. The lowest BCUT2D eigenvalue weighted by Gasteiger charge is -2.20. The molecule has 21 heavy (non-hydrogen) atoms. The van der Waals surface area contributed by atoms with Crippen molar-refractivity contribution in [2.45, 2.75) is 53.1 Å². The van der Waals surface area contributed by atoms with Crippen molar-refractivity contribution < 1.29 is 9.21 Å². The summed E-state index contributed by atoms with van der Waals surface area (Å²) in [7, 11) is 0. The third-order valence-corrected chi connectivity index (χ3v) is 4.41. The second-order valence-electron chi connectivity index (χ2n) is 6.30. The maximum absolute atomic E-state index is 12.2. The summed E-state index contributed by atoms with van der Waals surface area (Å²) in [5.74, 6) is 3.42. The van der Waals surface area contributed by atoms with Gasteiger partial charge in [0.25, 0.3) is 0 Å². The zero-order valence-electron chi connectivity index (χ0n) is 13.5. The van der Waals surface area contributed by atoms with Gasteiger partial charge in [-0.2, -0.15) is 0 Å². The number of carbonyl (C=O) groups is 1. The minimum Gasteiger partial charge on any atom is -0.463 e. The minimum atomic E-state index is 0.266. The van der Waals surface area contributed by atoms with E-state index in [1.165, 1.54) is 0 Å². The highest BCUT2D eigenvalue weighted by Gasteiger charge is 2.24. The van der Waals surface area contributed by atoms with Gasteiger partial charge in [-0.15, -0.1) is 0 Å². The van der Waals surface area contributed by atoms with Crippen LogP contribution >= 0.6 is 0 Å². The Morgan fingerprint density at radius 3 is 2.81 bits per heavy atom. The molecule has 1 aromatic rings. The first-order valence-corrected chi connectivity index (χ1v) is 8.16. The van der Waals surface area contributed by atoms with E-state index >= 15 is 0 Å². The molecule has 0 spiro atoms. The van der Waals surface area contributed by atoms with Gasteiger partial charge in [0.2, 0.25) is 5.91 Å². The summed E-state index contributed by atoms with van der Waals surface area (Å²) in [6, 6.07) is 3.99. The molecule has 1 aliphatic rings.